The van der Waals surface area contributed by atoms with E-state index in [0.29, 0.717) is 0 Å². The molecule has 0 aromatic heterocycles. The molecule has 1 heterocycles. The van der Waals surface area contributed by atoms with E-state index < -0.39 is 6.29 Å². The maximum Gasteiger partial charge on any atom is 0.188 e. The van der Waals surface area contributed by atoms with Crippen LogP contribution in [-0.4, -0.2) is 17.7 Å². The lowest BCUT2D eigenvalue weighted by atomic mass is 10.1. The highest BCUT2D eigenvalue weighted by atomic mass is 16.8. The van der Waals surface area contributed by atoms with Crippen molar-refractivity contribution in [3.05, 3.63) is 35.9 Å². The summed E-state index contributed by atoms with van der Waals surface area (Å²) in [6, 6.07) is 9.57. The zero-order valence-electron chi connectivity index (χ0n) is 7.38. The second kappa shape index (κ2) is 3.46. The van der Waals surface area contributed by atoms with E-state index in [2.05, 4.69) is 0 Å². The van der Waals surface area contributed by atoms with Crippen molar-refractivity contribution in [1.82, 2.24) is 0 Å². The Morgan fingerprint density at radius 1 is 1.15 bits per heavy atom. The summed E-state index contributed by atoms with van der Waals surface area (Å²) in [6.07, 6.45) is -1.53. The molecule has 3 nitrogen and oxygen atoms in total. The van der Waals surface area contributed by atoms with Crippen LogP contribution in [0.1, 0.15) is 18.6 Å². The lowest BCUT2D eigenvalue weighted by molar-refractivity contribution is -0.105. The molecule has 1 aromatic rings. The monoisotopic (exact) mass is 180 g/mol. The van der Waals surface area contributed by atoms with Crippen LogP contribution in [0.4, 0.5) is 0 Å². The highest BCUT2D eigenvalue weighted by Gasteiger charge is 2.33. The van der Waals surface area contributed by atoms with Crippen LogP contribution in [0.3, 0.4) is 0 Å². The van der Waals surface area contributed by atoms with Crippen molar-refractivity contribution < 1.29 is 14.6 Å². The summed E-state index contributed by atoms with van der Waals surface area (Å²) in [6.45, 7) is 1.77. The topological polar surface area (TPSA) is 38.7 Å². The normalized spacial score (nSPS) is 33.5. The lowest BCUT2D eigenvalue weighted by Gasteiger charge is -2.11. The molecule has 3 atom stereocenters. The number of ether oxygens (including phenoxy) is 2. The van der Waals surface area contributed by atoms with Gasteiger partial charge in [-0.2, -0.15) is 0 Å². The van der Waals surface area contributed by atoms with Gasteiger partial charge in [0.15, 0.2) is 12.6 Å². The van der Waals surface area contributed by atoms with E-state index in [1.807, 2.05) is 30.3 Å². The molecule has 0 aliphatic carbocycles. The van der Waals surface area contributed by atoms with E-state index in [-0.39, 0.29) is 12.4 Å². The van der Waals surface area contributed by atoms with Crippen LogP contribution in [0.5, 0.6) is 0 Å². The molecule has 0 spiro atoms. The van der Waals surface area contributed by atoms with Gasteiger partial charge in [-0.25, -0.2) is 0 Å². The summed E-state index contributed by atoms with van der Waals surface area (Å²) in [4.78, 5) is 0. The average molecular weight is 180 g/mol. The smallest absolute Gasteiger partial charge is 0.188 e. The van der Waals surface area contributed by atoms with Crippen LogP contribution in [0, 0.1) is 0 Å². The molecule has 3 heteroatoms. The van der Waals surface area contributed by atoms with Crippen molar-refractivity contribution in [3.8, 4) is 0 Å². The molecule has 1 fully saturated rings. The fourth-order valence-corrected chi connectivity index (χ4v) is 1.46. The summed E-state index contributed by atoms with van der Waals surface area (Å²) < 4.78 is 10.4. The van der Waals surface area contributed by atoms with E-state index in [0.717, 1.165) is 5.56 Å². The fourth-order valence-electron chi connectivity index (χ4n) is 1.46. The largest absolute Gasteiger partial charge is 0.365 e. The Balaban J connectivity index is 2.18. The molecule has 1 aliphatic heterocycles. The Labute approximate surface area is 76.9 Å². The Morgan fingerprint density at radius 2 is 1.85 bits per heavy atom. The summed E-state index contributed by atoms with van der Waals surface area (Å²) in [5.74, 6) is 0. The molecule has 0 radical (unpaired) electrons. The number of aliphatic hydroxyl groups is 1. The van der Waals surface area contributed by atoms with Gasteiger partial charge in [-0.1, -0.05) is 30.3 Å². The predicted octanol–water partition coefficient (Wildman–Crippen LogP) is 1.44. The Morgan fingerprint density at radius 3 is 2.38 bits per heavy atom. The molecule has 2 unspecified atom stereocenters. The lowest BCUT2D eigenvalue weighted by Crippen LogP contribution is -2.13. The predicted molar refractivity (Wildman–Crippen MR) is 46.8 cm³/mol. The minimum absolute atomic E-state index is 0.333. The zero-order valence-corrected chi connectivity index (χ0v) is 7.38. The van der Waals surface area contributed by atoms with Crippen LogP contribution in [0.15, 0.2) is 30.3 Å². The molecule has 0 bridgehead atoms. The second-order valence-electron chi connectivity index (χ2n) is 3.06. The highest BCUT2D eigenvalue weighted by Crippen LogP contribution is 2.30. The Bertz CT molecular complexity index is 273. The Hall–Kier alpha value is -0.900. The minimum Gasteiger partial charge on any atom is -0.365 e. The summed E-state index contributed by atoms with van der Waals surface area (Å²) in [7, 11) is 0. The molecular formula is C10H12O3. The van der Waals surface area contributed by atoms with Gasteiger partial charge in [0.05, 0.1) is 0 Å². The van der Waals surface area contributed by atoms with Gasteiger partial charge < -0.3 is 14.6 Å². The van der Waals surface area contributed by atoms with Gasteiger partial charge in [-0.05, 0) is 12.5 Å². The average Bonchev–Trinajstić information content (AvgIpc) is 2.47. The molecule has 70 valence electrons. The van der Waals surface area contributed by atoms with Gasteiger partial charge in [0.1, 0.15) is 6.10 Å². The van der Waals surface area contributed by atoms with Crippen molar-refractivity contribution in [2.45, 2.75) is 25.6 Å². The standard InChI is InChI=1S/C10H12O3/c1-7-12-9(10(11)13-7)8-5-3-2-4-6-8/h2-7,9-11H,1H3/t7?,9-,10?/m0/s1. The fraction of sp³-hybridized carbons (Fsp3) is 0.400. The summed E-state index contributed by atoms with van der Waals surface area (Å²) in [5.41, 5.74) is 0.944. The SMILES string of the molecule is CC1OC(O)[C@H](c2ccccc2)O1. The number of benzene rings is 1. The zero-order chi connectivity index (χ0) is 9.26. The maximum atomic E-state index is 9.47. The molecule has 1 aliphatic rings. The third-order valence-electron chi connectivity index (χ3n) is 2.06. The second-order valence-corrected chi connectivity index (χ2v) is 3.06. The van der Waals surface area contributed by atoms with Crippen LogP contribution in [-0.2, 0) is 9.47 Å². The molecule has 1 aromatic carbocycles. The first kappa shape index (κ1) is 8.69. The number of hydrogen-bond donors (Lipinski definition) is 1. The number of aliphatic hydroxyl groups excluding tert-OH is 1. The summed E-state index contributed by atoms with van der Waals surface area (Å²) >= 11 is 0. The van der Waals surface area contributed by atoms with Gasteiger partial charge in [-0.15, -0.1) is 0 Å². The molecule has 2 rings (SSSR count). The van der Waals surface area contributed by atoms with Gasteiger partial charge in [-0.3, -0.25) is 0 Å². The van der Waals surface area contributed by atoms with E-state index in [9.17, 15) is 5.11 Å². The first-order valence-electron chi connectivity index (χ1n) is 4.31. The van der Waals surface area contributed by atoms with Crippen LogP contribution < -0.4 is 0 Å². The van der Waals surface area contributed by atoms with Gasteiger partial charge in [0.2, 0.25) is 0 Å². The first-order chi connectivity index (χ1) is 6.27. The third kappa shape index (κ3) is 1.72. The molecule has 13 heavy (non-hydrogen) atoms. The number of rotatable bonds is 1. The highest BCUT2D eigenvalue weighted by molar-refractivity contribution is 5.18. The molecule has 1 saturated heterocycles. The third-order valence-corrected chi connectivity index (χ3v) is 2.06. The van der Waals surface area contributed by atoms with Crippen molar-refractivity contribution >= 4 is 0 Å². The van der Waals surface area contributed by atoms with Crippen LogP contribution >= 0.6 is 0 Å². The summed E-state index contributed by atoms with van der Waals surface area (Å²) in [5, 5.41) is 9.47. The van der Waals surface area contributed by atoms with E-state index >= 15 is 0 Å². The quantitative estimate of drug-likeness (QED) is 0.710. The van der Waals surface area contributed by atoms with Crippen LogP contribution in [0.25, 0.3) is 0 Å². The van der Waals surface area contributed by atoms with Gasteiger partial charge >= 0.3 is 0 Å². The molecular weight excluding hydrogens is 168 g/mol. The van der Waals surface area contributed by atoms with Gasteiger partial charge in [0.25, 0.3) is 0 Å². The van der Waals surface area contributed by atoms with Crippen molar-refractivity contribution in [2.75, 3.05) is 0 Å². The van der Waals surface area contributed by atoms with E-state index in [1.54, 1.807) is 6.92 Å². The van der Waals surface area contributed by atoms with Gasteiger partial charge in [0, 0.05) is 0 Å². The maximum absolute atomic E-state index is 9.47. The van der Waals surface area contributed by atoms with Crippen LogP contribution in [0.2, 0.25) is 0 Å². The molecule has 0 amide bonds. The minimum atomic E-state index is -0.850. The van der Waals surface area contributed by atoms with Crippen molar-refractivity contribution in [2.24, 2.45) is 0 Å². The first-order valence-corrected chi connectivity index (χ1v) is 4.31. The van der Waals surface area contributed by atoms with Crippen molar-refractivity contribution in [3.63, 3.8) is 0 Å². The van der Waals surface area contributed by atoms with Crippen molar-refractivity contribution in [1.29, 1.82) is 0 Å². The molecule has 0 saturated carbocycles. The number of hydrogen-bond acceptors (Lipinski definition) is 3. The Kier molecular flexibility index (Phi) is 2.31. The van der Waals surface area contributed by atoms with E-state index in [1.165, 1.54) is 0 Å². The molecule has 1 N–H and O–H groups in total. The van der Waals surface area contributed by atoms with E-state index in [4.69, 9.17) is 9.47 Å².